The van der Waals surface area contributed by atoms with Gasteiger partial charge < -0.3 is 10.1 Å². The molecule has 28 heavy (non-hydrogen) atoms. The van der Waals surface area contributed by atoms with Crippen molar-refractivity contribution in [3.05, 3.63) is 59.1 Å². The molecule has 0 saturated carbocycles. The van der Waals surface area contributed by atoms with Crippen LogP contribution < -0.4 is 5.32 Å². The number of hydrogen-bond donors (Lipinski definition) is 1. The third-order valence-electron chi connectivity index (χ3n) is 3.88. The molecule has 0 aliphatic carbocycles. The topological polar surface area (TPSA) is 92.8 Å². The van der Waals surface area contributed by atoms with Gasteiger partial charge in [0, 0.05) is 23.8 Å². The zero-order valence-electron chi connectivity index (χ0n) is 15.5. The van der Waals surface area contributed by atoms with Gasteiger partial charge in [-0.2, -0.15) is 4.31 Å². The highest BCUT2D eigenvalue weighted by Crippen LogP contribution is 2.18. The Morgan fingerprint density at radius 3 is 2.32 bits per heavy atom. The fraction of sp³-hybridized carbons (Fsp3) is 0.263. The summed E-state index contributed by atoms with van der Waals surface area (Å²) in [5.41, 5.74) is 0.560. The van der Waals surface area contributed by atoms with Gasteiger partial charge >= 0.3 is 5.97 Å². The van der Waals surface area contributed by atoms with Crippen LogP contribution in [0.3, 0.4) is 0 Å². The summed E-state index contributed by atoms with van der Waals surface area (Å²) in [5, 5.41) is 3.10. The van der Waals surface area contributed by atoms with Crippen molar-refractivity contribution < 1.29 is 22.7 Å². The highest BCUT2D eigenvalue weighted by molar-refractivity contribution is 7.89. The predicted octanol–water partition coefficient (Wildman–Crippen LogP) is 3.17. The van der Waals surface area contributed by atoms with E-state index in [0.717, 1.165) is 0 Å². The van der Waals surface area contributed by atoms with E-state index >= 15 is 0 Å². The van der Waals surface area contributed by atoms with Crippen LogP contribution in [0.25, 0.3) is 0 Å². The van der Waals surface area contributed by atoms with Gasteiger partial charge in [-0.1, -0.05) is 31.5 Å². The molecule has 0 aromatic heterocycles. The number of esters is 1. The van der Waals surface area contributed by atoms with Crippen LogP contribution in [0, 0.1) is 0 Å². The predicted molar refractivity (Wildman–Crippen MR) is 107 cm³/mol. The lowest BCUT2D eigenvalue weighted by Gasteiger charge is -2.18. The van der Waals surface area contributed by atoms with Gasteiger partial charge in [-0.3, -0.25) is 4.79 Å². The average Bonchev–Trinajstić information content (AvgIpc) is 2.68. The van der Waals surface area contributed by atoms with Crippen LogP contribution in [0.4, 0.5) is 5.69 Å². The second-order valence-corrected chi connectivity index (χ2v) is 8.12. The van der Waals surface area contributed by atoms with E-state index in [0.29, 0.717) is 23.8 Å². The molecular formula is C19H21ClN2O5S. The summed E-state index contributed by atoms with van der Waals surface area (Å²) in [6, 6.07) is 12.0. The summed E-state index contributed by atoms with van der Waals surface area (Å²) in [6.45, 7) is 3.60. The van der Waals surface area contributed by atoms with Crippen LogP contribution in [0.1, 0.15) is 24.2 Å². The minimum absolute atomic E-state index is 0.00346. The van der Waals surface area contributed by atoms with E-state index in [1.165, 1.54) is 28.6 Å². The number of halogens is 1. The molecule has 0 atom stereocenters. The lowest BCUT2D eigenvalue weighted by atomic mass is 10.2. The molecule has 1 amide bonds. The van der Waals surface area contributed by atoms with Crippen molar-refractivity contribution in [1.82, 2.24) is 4.31 Å². The lowest BCUT2D eigenvalue weighted by Crippen LogP contribution is -2.30. The lowest BCUT2D eigenvalue weighted by molar-refractivity contribution is -0.119. The van der Waals surface area contributed by atoms with E-state index in [1.54, 1.807) is 38.1 Å². The van der Waals surface area contributed by atoms with E-state index in [1.807, 2.05) is 0 Å². The molecule has 2 aromatic rings. The van der Waals surface area contributed by atoms with Crippen LogP contribution in [0.15, 0.2) is 53.4 Å². The van der Waals surface area contributed by atoms with Crippen LogP contribution in [0.2, 0.25) is 5.02 Å². The van der Waals surface area contributed by atoms with Crippen molar-refractivity contribution in [2.45, 2.75) is 18.7 Å². The average molecular weight is 425 g/mol. The van der Waals surface area contributed by atoms with Crippen molar-refractivity contribution in [2.75, 3.05) is 25.0 Å². The van der Waals surface area contributed by atoms with E-state index in [2.05, 4.69) is 5.32 Å². The van der Waals surface area contributed by atoms with Gasteiger partial charge in [0.05, 0.1) is 10.5 Å². The zero-order valence-corrected chi connectivity index (χ0v) is 17.1. The van der Waals surface area contributed by atoms with E-state index < -0.39 is 28.5 Å². The first-order valence-electron chi connectivity index (χ1n) is 8.60. The molecule has 0 fully saturated rings. The molecule has 0 spiro atoms. The molecule has 0 aliphatic heterocycles. The fourth-order valence-corrected chi connectivity index (χ4v) is 4.07. The maximum Gasteiger partial charge on any atom is 0.338 e. The van der Waals surface area contributed by atoms with Gasteiger partial charge in [-0.05, 0) is 42.5 Å². The van der Waals surface area contributed by atoms with Crippen LogP contribution in [0.5, 0.6) is 0 Å². The monoisotopic (exact) mass is 424 g/mol. The Morgan fingerprint density at radius 1 is 1.07 bits per heavy atom. The maximum atomic E-state index is 12.6. The van der Waals surface area contributed by atoms with Crippen LogP contribution in [-0.4, -0.2) is 44.3 Å². The zero-order chi connectivity index (χ0) is 20.7. The molecule has 0 unspecified atom stereocenters. The van der Waals surface area contributed by atoms with Crippen LogP contribution in [-0.2, 0) is 19.6 Å². The third-order valence-corrected chi connectivity index (χ3v) is 6.17. The normalized spacial score (nSPS) is 11.3. The van der Waals surface area contributed by atoms with E-state index in [-0.39, 0.29) is 10.5 Å². The number of ether oxygens (including phenoxy) is 1. The Bertz CT molecular complexity index is 941. The molecular weight excluding hydrogens is 404 g/mol. The largest absolute Gasteiger partial charge is 0.452 e. The third kappa shape index (κ3) is 5.54. The highest BCUT2D eigenvalue weighted by Gasteiger charge is 2.23. The first-order valence-corrected chi connectivity index (χ1v) is 10.4. The molecule has 0 bridgehead atoms. The second-order valence-electron chi connectivity index (χ2n) is 5.75. The number of rotatable bonds is 8. The Labute approximate surface area is 169 Å². The molecule has 2 aromatic carbocycles. The first kappa shape index (κ1) is 21.9. The SMILES string of the molecule is CCN(CC)S(=O)(=O)c1cccc(C(=O)OCC(=O)Nc2ccc(Cl)cc2)c1. The number of carbonyl (C=O) groups excluding carboxylic acids is 2. The minimum atomic E-state index is -3.70. The first-order chi connectivity index (χ1) is 13.3. The number of amides is 1. The summed E-state index contributed by atoms with van der Waals surface area (Å²) in [5.74, 6) is -1.31. The molecule has 0 aliphatic rings. The Hall–Kier alpha value is -2.42. The summed E-state index contributed by atoms with van der Waals surface area (Å²) in [7, 11) is -3.70. The number of benzene rings is 2. The summed E-state index contributed by atoms with van der Waals surface area (Å²) < 4.78 is 31.4. The van der Waals surface area contributed by atoms with Crippen molar-refractivity contribution in [3.63, 3.8) is 0 Å². The van der Waals surface area contributed by atoms with Crippen LogP contribution >= 0.6 is 11.6 Å². The Balaban J connectivity index is 2.02. The Kier molecular flexibility index (Phi) is 7.56. The van der Waals surface area contributed by atoms with Gasteiger partial charge in [-0.25, -0.2) is 13.2 Å². The fourth-order valence-electron chi connectivity index (χ4n) is 2.44. The molecule has 2 rings (SSSR count). The Morgan fingerprint density at radius 2 is 1.71 bits per heavy atom. The number of anilines is 1. The van der Waals surface area contributed by atoms with Gasteiger partial charge in [0.25, 0.3) is 5.91 Å². The minimum Gasteiger partial charge on any atom is -0.452 e. The molecule has 9 heteroatoms. The molecule has 7 nitrogen and oxygen atoms in total. The van der Waals surface area contributed by atoms with Crippen molar-refractivity contribution >= 4 is 39.2 Å². The molecule has 0 radical (unpaired) electrons. The van der Waals surface area contributed by atoms with E-state index in [9.17, 15) is 18.0 Å². The van der Waals surface area contributed by atoms with Crippen molar-refractivity contribution in [1.29, 1.82) is 0 Å². The van der Waals surface area contributed by atoms with Crippen molar-refractivity contribution in [2.24, 2.45) is 0 Å². The summed E-state index contributed by atoms with van der Waals surface area (Å²) >= 11 is 5.77. The summed E-state index contributed by atoms with van der Waals surface area (Å²) in [4.78, 5) is 24.1. The smallest absolute Gasteiger partial charge is 0.338 e. The van der Waals surface area contributed by atoms with Gasteiger partial charge in [0.1, 0.15) is 0 Å². The number of nitrogens with zero attached hydrogens (tertiary/aromatic N) is 1. The highest BCUT2D eigenvalue weighted by atomic mass is 35.5. The van der Waals surface area contributed by atoms with Crippen molar-refractivity contribution in [3.8, 4) is 0 Å². The number of nitrogens with one attached hydrogen (secondary N) is 1. The van der Waals surface area contributed by atoms with Gasteiger partial charge in [0.2, 0.25) is 10.0 Å². The van der Waals surface area contributed by atoms with Gasteiger partial charge in [-0.15, -0.1) is 0 Å². The molecule has 150 valence electrons. The standard InChI is InChI=1S/C19H21ClN2O5S/c1-3-22(4-2)28(25,26)17-7-5-6-14(12-17)19(24)27-13-18(23)21-16-10-8-15(20)9-11-16/h5-12H,3-4,13H2,1-2H3,(H,21,23). The number of hydrogen-bond acceptors (Lipinski definition) is 5. The maximum absolute atomic E-state index is 12.6. The number of sulfonamides is 1. The van der Waals surface area contributed by atoms with Gasteiger partial charge in [0.15, 0.2) is 6.61 Å². The molecule has 0 saturated heterocycles. The molecule has 0 heterocycles. The van der Waals surface area contributed by atoms with E-state index in [4.69, 9.17) is 16.3 Å². The number of carbonyl (C=O) groups is 2. The quantitative estimate of drug-likeness (QED) is 0.657. The summed E-state index contributed by atoms with van der Waals surface area (Å²) in [6.07, 6.45) is 0. The second kappa shape index (κ2) is 9.68. The molecule has 1 N–H and O–H groups in total.